The Bertz CT molecular complexity index is 779. The molecule has 0 radical (unpaired) electrons. The third-order valence-electron chi connectivity index (χ3n) is 3.71. The summed E-state index contributed by atoms with van der Waals surface area (Å²) in [6.45, 7) is 1.84. The molecule has 7 heteroatoms. The minimum absolute atomic E-state index is 0.0323. The zero-order chi connectivity index (χ0) is 16.8. The normalized spacial score (nSPS) is 14.5. The molecule has 3 rings (SSSR count). The van der Waals surface area contributed by atoms with Gasteiger partial charge in [0.05, 0.1) is 16.8 Å². The number of carbonyl (C=O) groups is 2. The van der Waals surface area contributed by atoms with E-state index in [9.17, 15) is 22.8 Å². The largest absolute Gasteiger partial charge is 0.432 e. The lowest BCUT2D eigenvalue weighted by molar-refractivity contribution is -0.141. The molecule has 1 aliphatic heterocycles. The maximum Gasteiger partial charge on any atom is 0.432 e. The van der Waals surface area contributed by atoms with E-state index in [4.69, 9.17) is 0 Å². The Hall–Kier alpha value is -2.57. The van der Waals surface area contributed by atoms with Crippen molar-refractivity contribution in [3.8, 4) is 11.3 Å². The summed E-state index contributed by atoms with van der Waals surface area (Å²) < 4.78 is 39.8. The van der Waals surface area contributed by atoms with Gasteiger partial charge in [0.15, 0.2) is 0 Å². The number of nitrogens with zero attached hydrogens (tertiary/aromatic N) is 1. The number of H-pyrrole nitrogens is 1. The molecular formula is C16H13F3N2O2. The van der Waals surface area contributed by atoms with Crippen molar-refractivity contribution in [2.24, 2.45) is 0 Å². The van der Waals surface area contributed by atoms with Gasteiger partial charge in [0.2, 0.25) is 0 Å². The Morgan fingerprint density at radius 2 is 1.65 bits per heavy atom. The van der Waals surface area contributed by atoms with Crippen molar-refractivity contribution >= 4 is 11.8 Å². The number of imide groups is 1. The van der Waals surface area contributed by atoms with Crippen LogP contribution in [0.4, 0.5) is 13.2 Å². The topological polar surface area (TPSA) is 53.2 Å². The highest BCUT2D eigenvalue weighted by Crippen LogP contribution is 2.41. The standard InChI is InChI=1S/C16H13F3N2O2/c1-2-8-21-14(22)10-11(15(21)23)13(16(17,18)19)20-12(10)9-6-4-3-5-7-9/h3-7,20H,2,8H2,1H3. The summed E-state index contributed by atoms with van der Waals surface area (Å²) in [4.78, 5) is 27.9. The van der Waals surface area contributed by atoms with Gasteiger partial charge in [-0.15, -0.1) is 0 Å². The number of amides is 2. The van der Waals surface area contributed by atoms with E-state index in [1.54, 1.807) is 37.3 Å². The fraction of sp³-hybridized carbons (Fsp3) is 0.250. The third kappa shape index (κ3) is 2.32. The Morgan fingerprint density at radius 3 is 2.22 bits per heavy atom. The molecule has 0 fully saturated rings. The molecule has 2 amide bonds. The highest BCUT2D eigenvalue weighted by atomic mass is 19.4. The minimum atomic E-state index is -4.74. The van der Waals surface area contributed by atoms with Crippen LogP contribution in [0, 0.1) is 0 Å². The molecule has 4 nitrogen and oxygen atoms in total. The molecule has 0 aliphatic carbocycles. The summed E-state index contributed by atoms with van der Waals surface area (Å²) in [6.07, 6.45) is -4.26. The predicted molar refractivity (Wildman–Crippen MR) is 76.9 cm³/mol. The molecule has 1 aromatic carbocycles. The molecule has 1 N–H and O–H groups in total. The quantitative estimate of drug-likeness (QED) is 0.876. The van der Waals surface area contributed by atoms with Crippen LogP contribution in [0.1, 0.15) is 39.8 Å². The van der Waals surface area contributed by atoms with E-state index >= 15 is 0 Å². The van der Waals surface area contributed by atoms with Gasteiger partial charge in [0.25, 0.3) is 11.8 Å². The lowest BCUT2D eigenvalue weighted by atomic mass is 10.1. The van der Waals surface area contributed by atoms with Gasteiger partial charge >= 0.3 is 6.18 Å². The average Bonchev–Trinajstić information content (AvgIpc) is 3.01. The third-order valence-corrected chi connectivity index (χ3v) is 3.71. The van der Waals surface area contributed by atoms with Crippen LogP contribution in [0.5, 0.6) is 0 Å². The van der Waals surface area contributed by atoms with Crippen LogP contribution in [0.15, 0.2) is 30.3 Å². The summed E-state index contributed by atoms with van der Waals surface area (Å²) in [7, 11) is 0. The molecule has 0 bridgehead atoms. The zero-order valence-electron chi connectivity index (χ0n) is 12.2. The maximum absolute atomic E-state index is 13.3. The first-order valence-electron chi connectivity index (χ1n) is 7.11. The first-order chi connectivity index (χ1) is 10.9. The first kappa shape index (κ1) is 15.3. The van der Waals surface area contributed by atoms with Crippen molar-refractivity contribution in [3.63, 3.8) is 0 Å². The number of halogens is 3. The van der Waals surface area contributed by atoms with Crippen LogP contribution >= 0.6 is 0 Å². The molecule has 0 spiro atoms. The van der Waals surface area contributed by atoms with Crippen molar-refractivity contribution in [1.82, 2.24) is 9.88 Å². The van der Waals surface area contributed by atoms with E-state index in [2.05, 4.69) is 4.98 Å². The minimum Gasteiger partial charge on any atom is -0.350 e. The van der Waals surface area contributed by atoms with Gasteiger partial charge in [-0.1, -0.05) is 37.3 Å². The number of aromatic amines is 1. The van der Waals surface area contributed by atoms with Crippen LogP contribution in [-0.4, -0.2) is 28.2 Å². The fourth-order valence-corrected chi connectivity index (χ4v) is 2.75. The van der Waals surface area contributed by atoms with Gasteiger partial charge in [0.1, 0.15) is 5.69 Å². The summed E-state index contributed by atoms with van der Waals surface area (Å²) in [5.74, 6) is -1.57. The summed E-state index contributed by atoms with van der Waals surface area (Å²) >= 11 is 0. The van der Waals surface area contributed by atoms with Gasteiger partial charge in [-0.2, -0.15) is 13.2 Å². The Morgan fingerprint density at radius 1 is 1.04 bits per heavy atom. The van der Waals surface area contributed by atoms with Crippen molar-refractivity contribution < 1.29 is 22.8 Å². The number of hydrogen-bond donors (Lipinski definition) is 1. The lowest BCUT2D eigenvalue weighted by Gasteiger charge is -2.14. The molecule has 1 aromatic heterocycles. The van der Waals surface area contributed by atoms with Gasteiger partial charge in [-0.25, -0.2) is 0 Å². The smallest absolute Gasteiger partial charge is 0.350 e. The first-order valence-corrected chi connectivity index (χ1v) is 7.11. The lowest BCUT2D eigenvalue weighted by Crippen LogP contribution is -2.31. The van der Waals surface area contributed by atoms with Crippen molar-refractivity contribution in [2.45, 2.75) is 19.5 Å². The van der Waals surface area contributed by atoms with Crippen LogP contribution in [0.3, 0.4) is 0 Å². The van der Waals surface area contributed by atoms with E-state index in [1.807, 2.05) is 0 Å². The van der Waals surface area contributed by atoms with E-state index in [1.165, 1.54) is 0 Å². The van der Waals surface area contributed by atoms with Crippen molar-refractivity contribution in [1.29, 1.82) is 0 Å². The molecular weight excluding hydrogens is 309 g/mol. The van der Waals surface area contributed by atoms with E-state index in [0.29, 0.717) is 12.0 Å². The second kappa shape index (κ2) is 5.26. The molecule has 0 unspecified atom stereocenters. The molecule has 0 saturated carbocycles. The van der Waals surface area contributed by atoms with Gasteiger partial charge in [-0.3, -0.25) is 14.5 Å². The zero-order valence-corrected chi connectivity index (χ0v) is 12.2. The summed E-state index contributed by atoms with van der Waals surface area (Å²) in [5, 5.41) is 0. The van der Waals surface area contributed by atoms with E-state index in [-0.39, 0.29) is 17.8 Å². The summed E-state index contributed by atoms with van der Waals surface area (Å²) in [6, 6.07) is 8.20. The molecule has 2 heterocycles. The van der Waals surface area contributed by atoms with Crippen molar-refractivity contribution in [3.05, 3.63) is 47.2 Å². The number of nitrogens with one attached hydrogen (secondary N) is 1. The Kier molecular flexibility index (Phi) is 3.50. The van der Waals surface area contributed by atoms with Crippen LogP contribution in [0.2, 0.25) is 0 Å². The van der Waals surface area contributed by atoms with Crippen LogP contribution < -0.4 is 0 Å². The monoisotopic (exact) mass is 322 g/mol. The second-order valence-corrected chi connectivity index (χ2v) is 5.25. The molecule has 1 aliphatic rings. The number of hydrogen-bond acceptors (Lipinski definition) is 2. The Labute approximate surface area is 129 Å². The number of rotatable bonds is 3. The maximum atomic E-state index is 13.3. The second-order valence-electron chi connectivity index (χ2n) is 5.25. The molecule has 23 heavy (non-hydrogen) atoms. The number of fused-ring (bicyclic) bond motifs is 1. The van der Waals surface area contributed by atoms with Gasteiger partial charge in [-0.05, 0) is 12.0 Å². The predicted octanol–water partition coefficient (Wildman–Crippen LogP) is 3.71. The molecule has 2 aromatic rings. The van der Waals surface area contributed by atoms with E-state index < -0.39 is 29.2 Å². The fourth-order valence-electron chi connectivity index (χ4n) is 2.75. The number of aromatic nitrogens is 1. The SMILES string of the molecule is CCCN1C(=O)c2c(-c3ccccc3)[nH]c(C(F)(F)F)c2C1=O. The molecule has 0 saturated heterocycles. The average molecular weight is 322 g/mol. The highest BCUT2D eigenvalue weighted by molar-refractivity contribution is 6.24. The van der Waals surface area contributed by atoms with Crippen LogP contribution in [-0.2, 0) is 6.18 Å². The highest BCUT2D eigenvalue weighted by Gasteiger charge is 2.48. The molecule has 120 valence electrons. The Balaban J connectivity index is 2.25. The van der Waals surface area contributed by atoms with Crippen LogP contribution in [0.25, 0.3) is 11.3 Å². The van der Waals surface area contributed by atoms with Gasteiger partial charge in [0, 0.05) is 6.54 Å². The number of benzene rings is 1. The van der Waals surface area contributed by atoms with Crippen molar-refractivity contribution in [2.75, 3.05) is 6.54 Å². The summed E-state index contributed by atoms with van der Waals surface area (Å²) in [5.41, 5.74) is -1.47. The number of carbonyl (C=O) groups excluding carboxylic acids is 2. The number of alkyl halides is 3. The molecule has 0 atom stereocenters. The van der Waals surface area contributed by atoms with Gasteiger partial charge < -0.3 is 4.98 Å². The van der Waals surface area contributed by atoms with E-state index in [0.717, 1.165) is 4.90 Å².